The maximum Gasteiger partial charge on any atom is 0.320 e. The van der Waals surface area contributed by atoms with Crippen molar-refractivity contribution in [3.05, 3.63) is 0 Å². The van der Waals surface area contributed by atoms with Crippen LogP contribution in [0.25, 0.3) is 0 Å². The van der Waals surface area contributed by atoms with Gasteiger partial charge in [-0.05, 0) is 26.7 Å². The van der Waals surface area contributed by atoms with Gasteiger partial charge in [-0.15, -0.1) is 0 Å². The Bertz CT molecular complexity index is 320. The summed E-state index contributed by atoms with van der Waals surface area (Å²) in [5, 5.41) is 8.65. The highest BCUT2D eigenvalue weighted by atomic mass is 16.5. The highest BCUT2D eigenvalue weighted by molar-refractivity contribution is 5.75. The molecule has 0 aromatic heterocycles. The molecule has 1 atom stereocenters. The maximum absolute atomic E-state index is 12.4. The van der Waals surface area contributed by atoms with Crippen LogP contribution < -0.4 is 0 Å². The molecule has 1 heterocycles. The van der Waals surface area contributed by atoms with E-state index < -0.39 is 5.97 Å². The summed E-state index contributed by atoms with van der Waals surface area (Å²) in [5.74, 6) is -0.822. The first kappa shape index (κ1) is 15.8. The number of aliphatic carboxylic acids is 1. The maximum atomic E-state index is 12.4. The zero-order valence-corrected chi connectivity index (χ0v) is 12.0. The average Bonchev–Trinajstić information content (AvgIpc) is 2.81. The topological polar surface area (TPSA) is 70.1 Å². The fraction of sp³-hybridized carbons (Fsp3) is 0.846. The van der Waals surface area contributed by atoms with Gasteiger partial charge in [0.05, 0.1) is 6.10 Å². The lowest BCUT2D eigenvalue weighted by molar-refractivity contribution is -0.137. The monoisotopic (exact) mass is 272 g/mol. The predicted molar refractivity (Wildman–Crippen MR) is 71.1 cm³/mol. The van der Waals surface area contributed by atoms with Crippen molar-refractivity contribution in [2.45, 2.75) is 45.3 Å². The number of carboxylic acid groups (broad SMARTS) is 1. The predicted octanol–water partition coefficient (Wildman–Crippen LogP) is 1.40. The van der Waals surface area contributed by atoms with Crippen LogP contribution >= 0.6 is 0 Å². The van der Waals surface area contributed by atoms with Crippen LogP contribution in [-0.2, 0) is 9.53 Å². The van der Waals surface area contributed by atoms with Crippen LogP contribution in [0.5, 0.6) is 0 Å². The van der Waals surface area contributed by atoms with Crippen molar-refractivity contribution in [1.29, 1.82) is 0 Å². The summed E-state index contributed by atoms with van der Waals surface area (Å²) in [5.41, 5.74) is 0. The molecule has 19 heavy (non-hydrogen) atoms. The highest BCUT2D eigenvalue weighted by Crippen LogP contribution is 2.16. The Hall–Kier alpha value is -1.30. The second-order valence-electron chi connectivity index (χ2n) is 5.16. The van der Waals surface area contributed by atoms with E-state index in [0.29, 0.717) is 26.1 Å². The minimum absolute atomic E-state index is 0.0139. The Labute approximate surface area is 114 Å². The number of methoxy groups -OCH3 is 1. The molecule has 1 aliphatic heterocycles. The molecular formula is C13H24N2O4. The largest absolute Gasteiger partial charge is 0.481 e. The number of hydrogen-bond acceptors (Lipinski definition) is 3. The van der Waals surface area contributed by atoms with Gasteiger partial charge in [0.15, 0.2) is 0 Å². The third-order valence-electron chi connectivity index (χ3n) is 3.41. The fourth-order valence-corrected chi connectivity index (χ4v) is 2.25. The third kappa shape index (κ3) is 4.70. The molecule has 0 aromatic carbocycles. The zero-order chi connectivity index (χ0) is 14.4. The number of amides is 2. The molecule has 6 heteroatoms. The lowest BCUT2D eigenvalue weighted by Gasteiger charge is -2.31. The molecule has 6 nitrogen and oxygen atoms in total. The molecule has 1 rings (SSSR count). The summed E-state index contributed by atoms with van der Waals surface area (Å²) >= 11 is 0. The zero-order valence-electron chi connectivity index (χ0n) is 12.0. The molecule has 1 saturated heterocycles. The van der Waals surface area contributed by atoms with E-state index in [0.717, 1.165) is 6.42 Å². The SMILES string of the molecule is COC1CCN(C(=O)N(CCCC(=O)O)C(C)C)C1. The van der Waals surface area contributed by atoms with Gasteiger partial charge in [-0.1, -0.05) is 0 Å². The van der Waals surface area contributed by atoms with Gasteiger partial charge in [0.1, 0.15) is 0 Å². The molecule has 0 aromatic rings. The van der Waals surface area contributed by atoms with Crippen molar-refractivity contribution < 1.29 is 19.4 Å². The summed E-state index contributed by atoms with van der Waals surface area (Å²) in [6.45, 7) is 5.71. The van der Waals surface area contributed by atoms with Gasteiger partial charge in [-0.3, -0.25) is 4.79 Å². The quantitative estimate of drug-likeness (QED) is 0.793. The number of ether oxygens (including phenoxy) is 1. The molecular weight excluding hydrogens is 248 g/mol. The van der Waals surface area contributed by atoms with Gasteiger partial charge >= 0.3 is 12.0 Å². The van der Waals surface area contributed by atoms with E-state index in [2.05, 4.69) is 0 Å². The molecule has 1 N–H and O–H groups in total. The number of carbonyl (C=O) groups is 2. The fourth-order valence-electron chi connectivity index (χ4n) is 2.25. The van der Waals surface area contributed by atoms with Crippen LogP contribution in [0.4, 0.5) is 4.79 Å². The summed E-state index contributed by atoms with van der Waals surface area (Å²) in [7, 11) is 1.66. The normalized spacial score (nSPS) is 18.9. The van der Waals surface area contributed by atoms with Gasteiger partial charge in [0, 0.05) is 39.2 Å². The molecule has 0 saturated carbocycles. The van der Waals surface area contributed by atoms with Crippen molar-refractivity contribution in [3.8, 4) is 0 Å². The molecule has 2 amide bonds. The van der Waals surface area contributed by atoms with Crippen molar-refractivity contribution in [2.24, 2.45) is 0 Å². The number of nitrogens with zero attached hydrogens (tertiary/aromatic N) is 2. The Morgan fingerprint density at radius 2 is 2.16 bits per heavy atom. The third-order valence-corrected chi connectivity index (χ3v) is 3.41. The van der Waals surface area contributed by atoms with Gasteiger partial charge < -0.3 is 19.6 Å². The molecule has 1 unspecified atom stereocenters. The summed E-state index contributed by atoms with van der Waals surface area (Å²) in [6, 6.07) is 0.0582. The van der Waals surface area contributed by atoms with Crippen molar-refractivity contribution in [3.63, 3.8) is 0 Å². The van der Waals surface area contributed by atoms with Crippen molar-refractivity contribution in [1.82, 2.24) is 9.80 Å². The summed E-state index contributed by atoms with van der Waals surface area (Å²) in [6.07, 6.45) is 1.57. The first-order chi connectivity index (χ1) is 8.95. The van der Waals surface area contributed by atoms with Crippen LogP contribution in [0, 0.1) is 0 Å². The number of carbonyl (C=O) groups excluding carboxylic acids is 1. The molecule has 1 fully saturated rings. The van der Waals surface area contributed by atoms with Crippen LogP contribution in [0.15, 0.2) is 0 Å². The summed E-state index contributed by atoms with van der Waals surface area (Å²) in [4.78, 5) is 26.4. The molecule has 0 spiro atoms. The highest BCUT2D eigenvalue weighted by Gasteiger charge is 2.30. The number of rotatable bonds is 6. The van der Waals surface area contributed by atoms with E-state index in [1.165, 1.54) is 0 Å². The number of likely N-dealkylation sites (tertiary alicyclic amines) is 1. The lowest BCUT2D eigenvalue weighted by Crippen LogP contribution is -2.46. The van der Waals surface area contributed by atoms with Crippen LogP contribution in [-0.4, -0.2) is 65.8 Å². The number of urea groups is 1. The second-order valence-corrected chi connectivity index (χ2v) is 5.16. The van der Waals surface area contributed by atoms with Gasteiger partial charge in [-0.2, -0.15) is 0 Å². The molecule has 110 valence electrons. The van der Waals surface area contributed by atoms with E-state index in [1.807, 2.05) is 13.8 Å². The van der Waals surface area contributed by atoms with Gasteiger partial charge in [-0.25, -0.2) is 4.79 Å². The Morgan fingerprint density at radius 1 is 1.47 bits per heavy atom. The first-order valence-corrected chi connectivity index (χ1v) is 6.75. The van der Waals surface area contributed by atoms with Crippen LogP contribution in [0.3, 0.4) is 0 Å². The summed E-state index contributed by atoms with van der Waals surface area (Å²) < 4.78 is 5.25. The van der Waals surface area contributed by atoms with E-state index in [-0.39, 0.29) is 24.6 Å². The average molecular weight is 272 g/mol. The minimum atomic E-state index is -0.822. The number of carboxylic acids is 1. The number of hydrogen-bond donors (Lipinski definition) is 1. The second kappa shape index (κ2) is 7.33. The Morgan fingerprint density at radius 3 is 2.63 bits per heavy atom. The molecule has 0 bridgehead atoms. The minimum Gasteiger partial charge on any atom is -0.481 e. The van der Waals surface area contributed by atoms with E-state index >= 15 is 0 Å². The van der Waals surface area contributed by atoms with Gasteiger partial charge in [0.2, 0.25) is 0 Å². The molecule has 0 aliphatic carbocycles. The standard InChI is InChI=1S/C13H24N2O4/c1-10(2)15(7-4-5-12(16)17)13(18)14-8-6-11(9-14)19-3/h10-11H,4-9H2,1-3H3,(H,16,17). The van der Waals surface area contributed by atoms with E-state index in [1.54, 1.807) is 16.9 Å². The lowest BCUT2D eigenvalue weighted by atomic mass is 10.2. The van der Waals surface area contributed by atoms with Crippen LogP contribution in [0.1, 0.15) is 33.1 Å². The smallest absolute Gasteiger partial charge is 0.320 e. The van der Waals surface area contributed by atoms with E-state index in [9.17, 15) is 9.59 Å². The van der Waals surface area contributed by atoms with E-state index in [4.69, 9.17) is 9.84 Å². The van der Waals surface area contributed by atoms with Gasteiger partial charge in [0.25, 0.3) is 0 Å². The van der Waals surface area contributed by atoms with Crippen LogP contribution in [0.2, 0.25) is 0 Å². The first-order valence-electron chi connectivity index (χ1n) is 6.75. The Balaban J connectivity index is 2.51. The van der Waals surface area contributed by atoms with Crippen molar-refractivity contribution in [2.75, 3.05) is 26.7 Å². The Kier molecular flexibility index (Phi) is 6.08. The molecule has 1 aliphatic rings. The van der Waals surface area contributed by atoms with Crippen molar-refractivity contribution >= 4 is 12.0 Å². The molecule has 0 radical (unpaired) electrons.